The molecule has 0 unspecified atom stereocenters. The zero-order chi connectivity index (χ0) is 15.2. The van der Waals surface area contributed by atoms with Gasteiger partial charge in [-0.3, -0.25) is 4.79 Å². The van der Waals surface area contributed by atoms with E-state index in [-0.39, 0.29) is 18.4 Å². The molecule has 0 aliphatic carbocycles. The monoisotopic (exact) mass is 310 g/mol. The van der Waals surface area contributed by atoms with Crippen molar-refractivity contribution < 1.29 is 14.3 Å². The highest BCUT2D eigenvalue weighted by Gasteiger charge is 2.22. The van der Waals surface area contributed by atoms with E-state index < -0.39 is 0 Å². The number of benzene rings is 1. The van der Waals surface area contributed by atoms with Gasteiger partial charge in [-0.2, -0.15) is 0 Å². The van der Waals surface area contributed by atoms with Gasteiger partial charge in [-0.25, -0.2) is 4.79 Å². The molecule has 0 aromatic heterocycles. The normalized spacial score (nSPS) is 15.5. The van der Waals surface area contributed by atoms with Crippen LogP contribution in [0.3, 0.4) is 0 Å². The highest BCUT2D eigenvalue weighted by Crippen LogP contribution is 2.17. The van der Waals surface area contributed by atoms with Crippen molar-refractivity contribution >= 4 is 23.6 Å². The minimum Gasteiger partial charge on any atom is -0.453 e. The standard InChI is InChI=1S/C15H19ClN2O3/c1-21-15(20)18-8-4-7-17(9-10-18)14(19)11-12-5-2-3-6-13(12)16/h2-3,5-6H,4,7-11H2,1H3. The van der Waals surface area contributed by atoms with E-state index in [1.807, 2.05) is 18.2 Å². The number of nitrogens with zero attached hydrogens (tertiary/aromatic N) is 2. The number of hydrogen-bond acceptors (Lipinski definition) is 3. The second kappa shape index (κ2) is 7.31. The Morgan fingerprint density at radius 1 is 1.14 bits per heavy atom. The van der Waals surface area contributed by atoms with E-state index in [1.54, 1.807) is 15.9 Å². The van der Waals surface area contributed by atoms with Crippen LogP contribution in [-0.4, -0.2) is 55.1 Å². The molecule has 5 nitrogen and oxygen atoms in total. The number of hydrogen-bond donors (Lipinski definition) is 0. The molecule has 1 saturated heterocycles. The maximum Gasteiger partial charge on any atom is 0.409 e. The Kier molecular flexibility index (Phi) is 5.44. The lowest BCUT2D eigenvalue weighted by Gasteiger charge is -2.21. The van der Waals surface area contributed by atoms with Crippen LogP contribution in [0.15, 0.2) is 24.3 Å². The van der Waals surface area contributed by atoms with Crippen LogP contribution in [0.1, 0.15) is 12.0 Å². The molecule has 0 radical (unpaired) electrons. The summed E-state index contributed by atoms with van der Waals surface area (Å²) in [4.78, 5) is 27.3. The highest BCUT2D eigenvalue weighted by atomic mass is 35.5. The summed E-state index contributed by atoms with van der Waals surface area (Å²) in [6.45, 7) is 2.29. The third-order valence-electron chi connectivity index (χ3n) is 3.58. The molecule has 1 aliphatic heterocycles. The van der Waals surface area contributed by atoms with Gasteiger partial charge in [-0.1, -0.05) is 29.8 Å². The largest absolute Gasteiger partial charge is 0.453 e. The molecular formula is C15H19ClN2O3. The fourth-order valence-corrected chi connectivity index (χ4v) is 2.60. The van der Waals surface area contributed by atoms with Crippen LogP contribution in [0.5, 0.6) is 0 Å². The van der Waals surface area contributed by atoms with Crippen LogP contribution in [0.2, 0.25) is 5.02 Å². The maximum atomic E-state index is 12.4. The predicted octanol–water partition coefficient (Wildman–Crippen LogP) is 2.18. The van der Waals surface area contributed by atoms with Crippen LogP contribution >= 0.6 is 11.6 Å². The van der Waals surface area contributed by atoms with E-state index in [1.165, 1.54) is 7.11 Å². The fourth-order valence-electron chi connectivity index (χ4n) is 2.40. The van der Waals surface area contributed by atoms with E-state index in [9.17, 15) is 9.59 Å². The Morgan fingerprint density at radius 3 is 2.52 bits per heavy atom. The maximum absolute atomic E-state index is 12.4. The van der Waals surface area contributed by atoms with Crippen molar-refractivity contribution in [2.75, 3.05) is 33.3 Å². The zero-order valence-electron chi connectivity index (χ0n) is 12.0. The topological polar surface area (TPSA) is 49.9 Å². The summed E-state index contributed by atoms with van der Waals surface area (Å²) in [5.41, 5.74) is 0.832. The van der Waals surface area contributed by atoms with Crippen LogP contribution in [0.4, 0.5) is 4.79 Å². The summed E-state index contributed by atoms with van der Waals surface area (Å²) in [5.74, 6) is 0.0369. The molecule has 0 spiro atoms. The minimum atomic E-state index is -0.338. The van der Waals surface area contributed by atoms with Gasteiger partial charge in [0.2, 0.25) is 5.91 Å². The zero-order valence-corrected chi connectivity index (χ0v) is 12.8. The lowest BCUT2D eigenvalue weighted by Crippen LogP contribution is -2.37. The molecule has 114 valence electrons. The minimum absolute atomic E-state index is 0.0369. The fraction of sp³-hybridized carbons (Fsp3) is 0.467. The van der Waals surface area contributed by atoms with Crippen molar-refractivity contribution in [1.29, 1.82) is 0 Å². The average molecular weight is 311 g/mol. The Hall–Kier alpha value is -1.75. The molecule has 2 amide bonds. The van der Waals surface area contributed by atoms with Crippen LogP contribution < -0.4 is 0 Å². The summed E-state index contributed by atoms with van der Waals surface area (Å²) < 4.78 is 4.72. The van der Waals surface area contributed by atoms with E-state index in [4.69, 9.17) is 16.3 Å². The van der Waals surface area contributed by atoms with Gasteiger partial charge in [0.15, 0.2) is 0 Å². The second-order valence-electron chi connectivity index (χ2n) is 4.96. The average Bonchev–Trinajstić information content (AvgIpc) is 2.75. The van der Waals surface area contributed by atoms with Gasteiger partial charge in [0.25, 0.3) is 0 Å². The molecule has 0 atom stereocenters. The summed E-state index contributed by atoms with van der Waals surface area (Å²) in [5, 5.41) is 0.608. The number of halogens is 1. The molecule has 6 heteroatoms. The summed E-state index contributed by atoms with van der Waals surface area (Å²) in [6, 6.07) is 7.36. The van der Waals surface area contributed by atoms with E-state index in [0.29, 0.717) is 31.2 Å². The molecule has 1 fully saturated rings. The number of carbonyl (C=O) groups is 2. The van der Waals surface area contributed by atoms with Crippen molar-refractivity contribution in [3.63, 3.8) is 0 Å². The van der Waals surface area contributed by atoms with Gasteiger partial charge < -0.3 is 14.5 Å². The summed E-state index contributed by atoms with van der Waals surface area (Å²) in [7, 11) is 1.37. The molecular weight excluding hydrogens is 292 g/mol. The molecule has 1 aliphatic rings. The Morgan fingerprint density at radius 2 is 1.81 bits per heavy atom. The van der Waals surface area contributed by atoms with E-state index >= 15 is 0 Å². The SMILES string of the molecule is COC(=O)N1CCCN(C(=O)Cc2ccccc2Cl)CC1. The summed E-state index contributed by atoms with van der Waals surface area (Å²) >= 11 is 6.08. The van der Waals surface area contributed by atoms with Gasteiger partial charge in [-0.15, -0.1) is 0 Å². The first kappa shape index (κ1) is 15.6. The molecule has 1 heterocycles. The second-order valence-corrected chi connectivity index (χ2v) is 5.37. The Labute approximate surface area is 129 Å². The third-order valence-corrected chi connectivity index (χ3v) is 3.95. The Bertz CT molecular complexity index is 521. The predicted molar refractivity (Wildman–Crippen MR) is 80.3 cm³/mol. The van der Waals surface area contributed by atoms with E-state index in [0.717, 1.165) is 12.0 Å². The molecule has 0 saturated carbocycles. The van der Waals surface area contributed by atoms with Crippen LogP contribution in [0.25, 0.3) is 0 Å². The van der Waals surface area contributed by atoms with Gasteiger partial charge >= 0.3 is 6.09 Å². The number of ether oxygens (including phenoxy) is 1. The van der Waals surface area contributed by atoms with Crippen molar-refractivity contribution in [2.45, 2.75) is 12.8 Å². The van der Waals surface area contributed by atoms with E-state index in [2.05, 4.69) is 0 Å². The molecule has 0 bridgehead atoms. The van der Waals surface area contributed by atoms with Gasteiger partial charge in [-0.05, 0) is 18.1 Å². The quantitative estimate of drug-likeness (QED) is 0.841. The number of methoxy groups -OCH3 is 1. The molecule has 21 heavy (non-hydrogen) atoms. The highest BCUT2D eigenvalue weighted by molar-refractivity contribution is 6.31. The first-order valence-electron chi connectivity index (χ1n) is 6.96. The molecule has 0 N–H and O–H groups in total. The van der Waals surface area contributed by atoms with Crippen LogP contribution in [-0.2, 0) is 16.0 Å². The van der Waals surface area contributed by atoms with Crippen molar-refractivity contribution in [1.82, 2.24) is 9.80 Å². The van der Waals surface area contributed by atoms with Crippen molar-refractivity contribution in [3.8, 4) is 0 Å². The lowest BCUT2D eigenvalue weighted by atomic mass is 10.1. The molecule has 1 aromatic carbocycles. The number of amides is 2. The first-order chi connectivity index (χ1) is 10.1. The van der Waals surface area contributed by atoms with Gasteiger partial charge in [0, 0.05) is 31.2 Å². The van der Waals surface area contributed by atoms with Crippen LogP contribution in [0, 0.1) is 0 Å². The molecule has 2 rings (SSSR count). The van der Waals surface area contributed by atoms with Crippen molar-refractivity contribution in [2.24, 2.45) is 0 Å². The smallest absolute Gasteiger partial charge is 0.409 e. The lowest BCUT2D eigenvalue weighted by molar-refractivity contribution is -0.130. The molecule has 1 aromatic rings. The van der Waals surface area contributed by atoms with Gasteiger partial charge in [0.05, 0.1) is 13.5 Å². The Balaban J connectivity index is 1.94. The third kappa shape index (κ3) is 4.11. The number of carbonyl (C=O) groups excluding carboxylic acids is 2. The summed E-state index contributed by atoms with van der Waals surface area (Å²) in [6.07, 6.45) is 0.705. The number of rotatable bonds is 2. The van der Waals surface area contributed by atoms with Crippen molar-refractivity contribution in [3.05, 3.63) is 34.9 Å². The first-order valence-corrected chi connectivity index (χ1v) is 7.33. The van der Waals surface area contributed by atoms with Gasteiger partial charge in [0.1, 0.15) is 0 Å².